The predicted molar refractivity (Wildman–Crippen MR) is 73.9 cm³/mol. The molecular formula is C14H17BF2O4. The van der Waals surface area contributed by atoms with Crippen molar-refractivity contribution in [3.63, 3.8) is 0 Å². The van der Waals surface area contributed by atoms with Crippen LogP contribution in [0.3, 0.4) is 0 Å². The zero-order chi connectivity index (χ0) is 15.6. The van der Waals surface area contributed by atoms with Gasteiger partial charge in [-0.25, -0.2) is 13.6 Å². The van der Waals surface area contributed by atoms with E-state index in [4.69, 9.17) is 14.0 Å². The van der Waals surface area contributed by atoms with Crippen LogP contribution in [0.2, 0.25) is 0 Å². The van der Waals surface area contributed by atoms with Gasteiger partial charge in [0.05, 0.1) is 24.4 Å². The minimum Gasteiger partial charge on any atom is -0.462 e. The highest BCUT2D eigenvalue weighted by Crippen LogP contribution is 2.25. The first-order valence-electron chi connectivity index (χ1n) is 6.73. The standard InChI is InChI=1S/C14H17BF2O4/c1-4-19-13(18)11-9(12(16)17)6-5-7-10(11)15-20-8-14(2,3)21-15/h5-7,12H,4,8H2,1-3H3. The molecule has 0 aliphatic carbocycles. The van der Waals surface area contributed by atoms with Gasteiger partial charge in [0, 0.05) is 5.56 Å². The van der Waals surface area contributed by atoms with Crippen LogP contribution in [0.15, 0.2) is 18.2 Å². The first kappa shape index (κ1) is 15.9. The number of carbonyl (C=O) groups is 1. The summed E-state index contributed by atoms with van der Waals surface area (Å²) < 4.78 is 42.3. The van der Waals surface area contributed by atoms with Crippen molar-refractivity contribution in [2.24, 2.45) is 0 Å². The minimum atomic E-state index is -2.78. The van der Waals surface area contributed by atoms with Gasteiger partial charge in [-0.05, 0) is 26.2 Å². The largest absolute Gasteiger partial charge is 0.495 e. The van der Waals surface area contributed by atoms with Gasteiger partial charge in [0.1, 0.15) is 0 Å². The highest BCUT2D eigenvalue weighted by atomic mass is 19.3. The lowest BCUT2D eigenvalue weighted by molar-refractivity contribution is 0.0516. The van der Waals surface area contributed by atoms with E-state index in [1.165, 1.54) is 12.1 Å². The van der Waals surface area contributed by atoms with Gasteiger partial charge in [-0.1, -0.05) is 18.2 Å². The summed E-state index contributed by atoms with van der Waals surface area (Å²) in [6.07, 6.45) is -2.78. The molecule has 0 bridgehead atoms. The van der Waals surface area contributed by atoms with E-state index in [-0.39, 0.29) is 23.2 Å². The van der Waals surface area contributed by atoms with Gasteiger partial charge in [0.2, 0.25) is 0 Å². The van der Waals surface area contributed by atoms with Crippen LogP contribution in [0.4, 0.5) is 8.78 Å². The number of ether oxygens (including phenoxy) is 1. The maximum atomic E-state index is 13.2. The fraction of sp³-hybridized carbons (Fsp3) is 0.500. The summed E-state index contributed by atoms with van der Waals surface area (Å²) in [4.78, 5) is 12.0. The van der Waals surface area contributed by atoms with Crippen molar-refractivity contribution in [2.75, 3.05) is 13.2 Å². The molecule has 1 aromatic carbocycles. The molecule has 1 aliphatic heterocycles. The van der Waals surface area contributed by atoms with Crippen LogP contribution in [0, 0.1) is 0 Å². The molecule has 1 aliphatic rings. The number of hydrogen-bond donors (Lipinski definition) is 0. The summed E-state index contributed by atoms with van der Waals surface area (Å²) in [5.74, 6) is -0.791. The van der Waals surface area contributed by atoms with Crippen molar-refractivity contribution in [1.29, 1.82) is 0 Å². The Bertz CT molecular complexity index is 534. The van der Waals surface area contributed by atoms with E-state index >= 15 is 0 Å². The fourth-order valence-corrected chi connectivity index (χ4v) is 2.19. The molecule has 1 saturated heterocycles. The molecule has 7 heteroatoms. The van der Waals surface area contributed by atoms with E-state index in [0.29, 0.717) is 6.61 Å². The molecule has 1 fully saturated rings. The first-order valence-corrected chi connectivity index (χ1v) is 6.73. The van der Waals surface area contributed by atoms with Crippen molar-refractivity contribution in [2.45, 2.75) is 32.8 Å². The average molecular weight is 298 g/mol. The Balaban J connectivity index is 2.45. The van der Waals surface area contributed by atoms with Crippen LogP contribution in [-0.4, -0.2) is 31.9 Å². The second-order valence-corrected chi connectivity index (χ2v) is 5.35. The molecule has 0 saturated carbocycles. The molecule has 0 spiro atoms. The number of hydrogen-bond acceptors (Lipinski definition) is 4. The van der Waals surface area contributed by atoms with Gasteiger partial charge < -0.3 is 14.0 Å². The molecule has 0 unspecified atom stereocenters. The summed E-state index contributed by atoms with van der Waals surface area (Å²) >= 11 is 0. The lowest BCUT2D eigenvalue weighted by Crippen LogP contribution is -2.39. The third kappa shape index (κ3) is 3.41. The molecule has 0 atom stereocenters. The number of alkyl halides is 2. The third-order valence-corrected chi connectivity index (χ3v) is 3.11. The summed E-state index contributed by atoms with van der Waals surface area (Å²) in [6, 6.07) is 4.21. The molecule has 1 heterocycles. The summed E-state index contributed by atoms with van der Waals surface area (Å²) in [7, 11) is -0.849. The van der Waals surface area contributed by atoms with Gasteiger partial charge >= 0.3 is 13.1 Å². The second kappa shape index (κ2) is 6.11. The number of carbonyl (C=O) groups excluding carboxylic acids is 1. The fourth-order valence-electron chi connectivity index (χ4n) is 2.19. The maximum absolute atomic E-state index is 13.2. The van der Waals surface area contributed by atoms with Crippen LogP contribution >= 0.6 is 0 Å². The topological polar surface area (TPSA) is 44.8 Å². The Hall–Kier alpha value is -1.47. The molecule has 0 aromatic heterocycles. The highest BCUT2D eigenvalue weighted by molar-refractivity contribution is 6.63. The smallest absolute Gasteiger partial charge is 0.462 e. The van der Waals surface area contributed by atoms with Crippen molar-refractivity contribution in [3.05, 3.63) is 29.3 Å². The first-order chi connectivity index (χ1) is 9.85. The number of benzene rings is 1. The van der Waals surface area contributed by atoms with Crippen molar-refractivity contribution in [1.82, 2.24) is 0 Å². The quantitative estimate of drug-likeness (QED) is 0.632. The van der Waals surface area contributed by atoms with Crippen molar-refractivity contribution < 1.29 is 27.6 Å². The van der Waals surface area contributed by atoms with E-state index < -0.39 is 25.1 Å². The molecule has 4 nitrogen and oxygen atoms in total. The van der Waals surface area contributed by atoms with Gasteiger partial charge in [0.15, 0.2) is 0 Å². The molecule has 0 radical (unpaired) electrons. The number of halogens is 2. The SMILES string of the molecule is CCOC(=O)c1c(B2OCC(C)(C)O2)cccc1C(F)F. The molecule has 21 heavy (non-hydrogen) atoms. The minimum absolute atomic E-state index is 0.105. The number of rotatable bonds is 4. The van der Waals surface area contributed by atoms with Crippen LogP contribution in [-0.2, 0) is 14.0 Å². The lowest BCUT2D eigenvalue weighted by atomic mass is 9.74. The Kier molecular flexibility index (Phi) is 4.63. The summed E-state index contributed by atoms with van der Waals surface area (Å²) in [5.41, 5.74) is -0.797. The molecule has 0 N–H and O–H groups in total. The van der Waals surface area contributed by atoms with E-state index in [1.807, 2.05) is 13.8 Å². The average Bonchev–Trinajstić information content (AvgIpc) is 2.78. The normalized spacial score (nSPS) is 17.3. The highest BCUT2D eigenvalue weighted by Gasteiger charge is 2.41. The second-order valence-electron chi connectivity index (χ2n) is 5.35. The Labute approximate surface area is 122 Å². The molecule has 2 rings (SSSR count). The van der Waals surface area contributed by atoms with Crippen LogP contribution < -0.4 is 5.46 Å². The predicted octanol–water partition coefficient (Wildman–Crippen LogP) is 2.32. The van der Waals surface area contributed by atoms with Gasteiger partial charge in [-0.3, -0.25) is 0 Å². The molecule has 114 valence electrons. The lowest BCUT2D eigenvalue weighted by Gasteiger charge is -2.17. The third-order valence-electron chi connectivity index (χ3n) is 3.11. The van der Waals surface area contributed by atoms with E-state index in [2.05, 4.69) is 0 Å². The van der Waals surface area contributed by atoms with Gasteiger partial charge in [-0.2, -0.15) is 0 Å². The Morgan fingerprint density at radius 1 is 1.48 bits per heavy atom. The van der Waals surface area contributed by atoms with Crippen LogP contribution in [0.25, 0.3) is 0 Å². The monoisotopic (exact) mass is 298 g/mol. The van der Waals surface area contributed by atoms with Crippen LogP contribution in [0.5, 0.6) is 0 Å². The molecule has 0 amide bonds. The van der Waals surface area contributed by atoms with E-state index in [0.717, 1.165) is 0 Å². The molecule has 1 aromatic rings. The Morgan fingerprint density at radius 3 is 2.71 bits per heavy atom. The Morgan fingerprint density at radius 2 is 2.19 bits per heavy atom. The zero-order valence-electron chi connectivity index (χ0n) is 12.2. The zero-order valence-corrected chi connectivity index (χ0v) is 12.2. The number of esters is 1. The van der Waals surface area contributed by atoms with Crippen LogP contribution in [0.1, 0.15) is 43.1 Å². The van der Waals surface area contributed by atoms with E-state index in [1.54, 1.807) is 13.0 Å². The van der Waals surface area contributed by atoms with E-state index in [9.17, 15) is 13.6 Å². The van der Waals surface area contributed by atoms with Gasteiger partial charge in [0.25, 0.3) is 6.43 Å². The maximum Gasteiger partial charge on any atom is 0.495 e. The van der Waals surface area contributed by atoms with Gasteiger partial charge in [-0.15, -0.1) is 0 Å². The molecular weight excluding hydrogens is 281 g/mol. The summed E-state index contributed by atoms with van der Waals surface area (Å²) in [6.45, 7) is 5.70. The summed E-state index contributed by atoms with van der Waals surface area (Å²) in [5, 5.41) is 0. The van der Waals surface area contributed by atoms with Crippen molar-refractivity contribution >= 4 is 18.6 Å². The van der Waals surface area contributed by atoms with Crippen molar-refractivity contribution in [3.8, 4) is 0 Å².